The number of unbranched alkanes of at least 4 members (excludes halogenated alkanes) is 1. The topological polar surface area (TPSA) is 155 Å². The maximum absolute atomic E-state index is 12.6. The van der Waals surface area contributed by atoms with Crippen molar-refractivity contribution in [2.45, 2.75) is 24.7 Å². The Morgan fingerprint density at radius 1 is 0.968 bits per heavy atom. The monoisotopic (exact) mass is 448 g/mol. The van der Waals surface area contributed by atoms with E-state index in [1.54, 1.807) is 0 Å². The van der Waals surface area contributed by atoms with Crippen molar-refractivity contribution in [1.82, 2.24) is 20.3 Å². The van der Waals surface area contributed by atoms with Crippen molar-refractivity contribution in [1.29, 1.82) is 0 Å². The van der Waals surface area contributed by atoms with E-state index in [0.29, 0.717) is 6.54 Å². The molecule has 10 nitrogen and oxygen atoms in total. The molecule has 0 aliphatic rings. The second-order valence-corrected chi connectivity index (χ2v) is 8.17. The van der Waals surface area contributed by atoms with Crippen LogP contribution >= 0.6 is 0 Å². The highest BCUT2D eigenvalue weighted by Gasteiger charge is 2.20. The van der Waals surface area contributed by atoms with E-state index in [9.17, 15) is 22.8 Å². The average Bonchev–Trinajstić information content (AvgIpc) is 2.77. The van der Waals surface area contributed by atoms with Gasteiger partial charge in [-0.05, 0) is 36.8 Å². The number of hydrogen-bond acceptors (Lipinski definition) is 7. The maximum atomic E-state index is 12.6. The fourth-order valence-corrected chi connectivity index (χ4v) is 3.47. The zero-order chi connectivity index (χ0) is 22.9. The van der Waals surface area contributed by atoms with Crippen LogP contribution in [0, 0.1) is 0 Å². The molecule has 0 spiro atoms. The Morgan fingerprint density at radius 2 is 1.71 bits per heavy atom. The maximum Gasteiger partial charge on any atom is 0.269 e. The van der Waals surface area contributed by atoms with Gasteiger partial charge in [0.1, 0.15) is 5.69 Å². The number of aliphatic hydroxyl groups is 1. The van der Waals surface area contributed by atoms with Gasteiger partial charge in [-0.25, -0.2) is 13.1 Å². The van der Waals surface area contributed by atoms with E-state index in [0.717, 1.165) is 19.0 Å². The molecule has 1 heterocycles. The molecule has 11 heteroatoms. The number of nitrogens with zero attached hydrogens (tertiary/aromatic N) is 1. The van der Waals surface area contributed by atoms with Gasteiger partial charge >= 0.3 is 0 Å². The number of carbonyl (C=O) groups is 3. The lowest BCUT2D eigenvalue weighted by atomic mass is 10.2. The first-order valence-electron chi connectivity index (χ1n) is 9.59. The number of nitrogens with one attached hydrogen (secondary N) is 3. The highest BCUT2D eigenvalue weighted by molar-refractivity contribution is 7.90. The van der Waals surface area contributed by atoms with Gasteiger partial charge in [0.2, 0.25) is 0 Å². The van der Waals surface area contributed by atoms with Gasteiger partial charge in [0, 0.05) is 24.8 Å². The first-order chi connectivity index (χ1) is 14.8. The van der Waals surface area contributed by atoms with Crippen LogP contribution in [0.25, 0.3) is 0 Å². The van der Waals surface area contributed by atoms with Crippen molar-refractivity contribution in [2.75, 3.05) is 19.7 Å². The molecule has 4 N–H and O–H groups in total. The van der Waals surface area contributed by atoms with Gasteiger partial charge in [0.05, 0.1) is 17.1 Å². The summed E-state index contributed by atoms with van der Waals surface area (Å²) in [4.78, 5) is 39.8. The predicted molar refractivity (Wildman–Crippen MR) is 112 cm³/mol. The lowest BCUT2D eigenvalue weighted by Gasteiger charge is -2.09. The number of carbonyl (C=O) groups excluding carboxylic acids is 3. The summed E-state index contributed by atoms with van der Waals surface area (Å²) >= 11 is 0. The van der Waals surface area contributed by atoms with Crippen LogP contribution in [0.1, 0.15) is 51.0 Å². The number of aliphatic hydroxyl groups excluding tert-OH is 1. The van der Waals surface area contributed by atoms with E-state index in [1.165, 1.54) is 36.4 Å². The smallest absolute Gasteiger partial charge is 0.269 e. The first kappa shape index (κ1) is 24.0. The Kier molecular flexibility index (Phi) is 8.64. The molecule has 0 saturated heterocycles. The standard InChI is InChI=1S/C20H24N4O6S/c1-2-3-9-21-18(26)14-5-4-6-16(12-14)31(29,30)24-19(27)15-7-8-17(23-13-15)20(28)22-10-11-25/h4-8,12-13,25H,2-3,9-11H2,1H3,(H,21,26)(H,22,28)(H,24,27). The molecule has 166 valence electrons. The molecule has 0 unspecified atom stereocenters. The SMILES string of the molecule is CCCCNC(=O)c1cccc(S(=O)(=O)NC(=O)c2ccc(C(=O)NCCO)nc2)c1. The van der Waals surface area contributed by atoms with Crippen LogP contribution in [0.15, 0.2) is 47.5 Å². The van der Waals surface area contributed by atoms with Crippen molar-refractivity contribution in [2.24, 2.45) is 0 Å². The fourth-order valence-electron chi connectivity index (χ4n) is 2.45. The van der Waals surface area contributed by atoms with Crippen LogP contribution in [-0.2, 0) is 10.0 Å². The first-order valence-corrected chi connectivity index (χ1v) is 11.1. The number of rotatable bonds is 10. The quantitative estimate of drug-likeness (QED) is 0.385. The molecule has 3 amide bonds. The molecule has 0 saturated carbocycles. The summed E-state index contributed by atoms with van der Waals surface area (Å²) in [6.07, 6.45) is 2.77. The van der Waals surface area contributed by atoms with Crippen molar-refractivity contribution in [3.05, 3.63) is 59.4 Å². The van der Waals surface area contributed by atoms with Crippen LogP contribution < -0.4 is 15.4 Å². The van der Waals surface area contributed by atoms with Crippen LogP contribution in [0.4, 0.5) is 0 Å². The third-order valence-corrected chi connectivity index (χ3v) is 5.43. The zero-order valence-electron chi connectivity index (χ0n) is 16.9. The average molecular weight is 449 g/mol. The van der Waals surface area contributed by atoms with Crippen LogP contribution in [0.2, 0.25) is 0 Å². The van der Waals surface area contributed by atoms with Gasteiger partial charge in [-0.2, -0.15) is 0 Å². The third-order valence-electron chi connectivity index (χ3n) is 4.11. The number of hydrogen-bond donors (Lipinski definition) is 4. The molecule has 0 atom stereocenters. The second-order valence-electron chi connectivity index (χ2n) is 6.48. The summed E-state index contributed by atoms with van der Waals surface area (Å²) < 4.78 is 27.1. The molecular weight excluding hydrogens is 424 g/mol. The molecule has 0 bridgehead atoms. The molecule has 0 aliphatic carbocycles. The van der Waals surface area contributed by atoms with Gasteiger partial charge in [-0.15, -0.1) is 0 Å². The Morgan fingerprint density at radius 3 is 2.35 bits per heavy atom. The molecule has 0 radical (unpaired) electrons. The van der Waals surface area contributed by atoms with Crippen LogP contribution in [-0.4, -0.2) is 55.9 Å². The lowest BCUT2D eigenvalue weighted by molar-refractivity contribution is 0.0934. The molecule has 1 aromatic heterocycles. The van der Waals surface area contributed by atoms with Crippen LogP contribution in [0.5, 0.6) is 0 Å². The molecule has 0 aliphatic heterocycles. The molecule has 0 fully saturated rings. The number of sulfonamides is 1. The van der Waals surface area contributed by atoms with E-state index >= 15 is 0 Å². The van der Waals surface area contributed by atoms with Gasteiger partial charge in [0.25, 0.3) is 27.7 Å². The number of aromatic nitrogens is 1. The molecule has 1 aromatic carbocycles. The summed E-state index contributed by atoms with van der Waals surface area (Å²) in [5.74, 6) is -1.88. The van der Waals surface area contributed by atoms with E-state index < -0.39 is 27.7 Å². The van der Waals surface area contributed by atoms with Gasteiger partial charge < -0.3 is 15.7 Å². The Labute approximate surface area is 180 Å². The normalized spacial score (nSPS) is 10.9. The summed E-state index contributed by atoms with van der Waals surface area (Å²) in [5.41, 5.74) is 0.0942. The zero-order valence-corrected chi connectivity index (χ0v) is 17.7. The van der Waals surface area contributed by atoms with Crippen molar-refractivity contribution >= 4 is 27.7 Å². The number of amides is 3. The summed E-state index contributed by atoms with van der Waals surface area (Å²) in [5, 5.41) is 13.8. The van der Waals surface area contributed by atoms with Gasteiger partial charge in [-0.1, -0.05) is 19.4 Å². The molecule has 31 heavy (non-hydrogen) atoms. The van der Waals surface area contributed by atoms with Gasteiger partial charge in [0.15, 0.2) is 0 Å². The number of pyridine rings is 1. The van der Waals surface area contributed by atoms with E-state index in [1.807, 2.05) is 11.6 Å². The predicted octanol–water partition coefficient (Wildman–Crippen LogP) is 0.452. The molecule has 2 aromatic rings. The highest BCUT2D eigenvalue weighted by atomic mass is 32.2. The van der Waals surface area contributed by atoms with Crippen molar-refractivity contribution in [3.8, 4) is 0 Å². The highest BCUT2D eigenvalue weighted by Crippen LogP contribution is 2.13. The third kappa shape index (κ3) is 6.86. The Hall–Kier alpha value is -3.31. The van der Waals surface area contributed by atoms with E-state index in [-0.39, 0.29) is 34.9 Å². The summed E-state index contributed by atoms with van der Waals surface area (Å²) in [6, 6.07) is 7.86. The second kappa shape index (κ2) is 11.2. The van der Waals surface area contributed by atoms with Crippen LogP contribution in [0.3, 0.4) is 0 Å². The number of benzene rings is 1. The van der Waals surface area contributed by atoms with E-state index in [4.69, 9.17) is 5.11 Å². The van der Waals surface area contributed by atoms with Crippen molar-refractivity contribution < 1.29 is 27.9 Å². The summed E-state index contributed by atoms with van der Waals surface area (Å²) in [7, 11) is -4.24. The van der Waals surface area contributed by atoms with Gasteiger partial charge in [-0.3, -0.25) is 19.4 Å². The lowest BCUT2D eigenvalue weighted by Crippen LogP contribution is -2.31. The minimum absolute atomic E-state index is 0.00893. The molecule has 2 rings (SSSR count). The molecular formula is C20H24N4O6S. The Balaban J connectivity index is 2.10. The summed E-state index contributed by atoms with van der Waals surface area (Å²) in [6.45, 7) is 2.28. The minimum Gasteiger partial charge on any atom is -0.395 e. The Bertz CT molecular complexity index is 1040. The van der Waals surface area contributed by atoms with Crippen molar-refractivity contribution in [3.63, 3.8) is 0 Å². The van der Waals surface area contributed by atoms with E-state index in [2.05, 4.69) is 15.6 Å². The fraction of sp³-hybridized carbons (Fsp3) is 0.300. The largest absolute Gasteiger partial charge is 0.395 e. The minimum atomic E-state index is -4.24.